The zero-order valence-electron chi connectivity index (χ0n) is 16.8. The third kappa shape index (κ3) is 7.34. The molecule has 1 aromatic heterocycles. The molecule has 0 radical (unpaired) electrons. The molecule has 0 aliphatic carbocycles. The highest BCUT2D eigenvalue weighted by atomic mass is 16.6. The van der Waals surface area contributed by atoms with Crippen molar-refractivity contribution in [2.75, 3.05) is 0 Å². The van der Waals surface area contributed by atoms with E-state index in [-0.39, 0.29) is 23.5 Å². The monoisotopic (exact) mass is 395 g/mol. The average molecular weight is 395 g/mol. The lowest BCUT2D eigenvalue weighted by atomic mass is 10.2. The van der Waals surface area contributed by atoms with Crippen molar-refractivity contribution < 1.29 is 38.1 Å². The van der Waals surface area contributed by atoms with Crippen LogP contribution in [0.1, 0.15) is 62.4 Å². The second-order valence-corrected chi connectivity index (χ2v) is 6.50. The van der Waals surface area contributed by atoms with Crippen LogP contribution in [0.2, 0.25) is 0 Å². The quantitative estimate of drug-likeness (QED) is 0.481. The third-order valence-corrected chi connectivity index (χ3v) is 3.14. The summed E-state index contributed by atoms with van der Waals surface area (Å²) in [6, 6.07) is 2.46. The third-order valence-electron chi connectivity index (χ3n) is 3.14. The topological polar surface area (TPSA) is 118 Å². The number of ether oxygens (including phenoxy) is 4. The van der Waals surface area contributed by atoms with Gasteiger partial charge in [-0.25, -0.2) is 24.2 Å². The molecule has 0 fully saturated rings. The fourth-order valence-electron chi connectivity index (χ4n) is 1.87. The highest BCUT2D eigenvalue weighted by Crippen LogP contribution is 2.10. The molecule has 9 heteroatoms. The van der Waals surface area contributed by atoms with Crippen LogP contribution in [0, 0.1) is 0 Å². The maximum absolute atomic E-state index is 12.2. The Bertz CT molecular complexity index is 671. The van der Waals surface area contributed by atoms with Gasteiger partial charge in [0.2, 0.25) is 0 Å². The summed E-state index contributed by atoms with van der Waals surface area (Å²) in [5.41, 5.74) is -0.209. The smallest absolute Gasteiger partial charge is 0.357 e. The second-order valence-electron chi connectivity index (χ2n) is 6.50. The van der Waals surface area contributed by atoms with Crippen molar-refractivity contribution in [3.8, 4) is 0 Å². The van der Waals surface area contributed by atoms with Gasteiger partial charge in [0, 0.05) is 6.20 Å². The molecule has 0 aliphatic rings. The molecule has 1 heterocycles. The van der Waals surface area contributed by atoms with E-state index >= 15 is 0 Å². The van der Waals surface area contributed by atoms with Crippen LogP contribution in [-0.2, 0) is 28.5 Å². The summed E-state index contributed by atoms with van der Waals surface area (Å²) in [6.07, 6.45) is -1.75. The molecule has 2 unspecified atom stereocenters. The summed E-state index contributed by atoms with van der Waals surface area (Å²) in [5, 5.41) is 0. The van der Waals surface area contributed by atoms with Gasteiger partial charge in [0.25, 0.3) is 0 Å². The molecule has 2 atom stereocenters. The van der Waals surface area contributed by atoms with Crippen LogP contribution in [0.25, 0.3) is 0 Å². The molecule has 1 aromatic rings. The highest BCUT2D eigenvalue weighted by Gasteiger charge is 2.24. The Hall–Kier alpha value is -2.97. The van der Waals surface area contributed by atoms with Crippen molar-refractivity contribution in [3.63, 3.8) is 0 Å². The van der Waals surface area contributed by atoms with Gasteiger partial charge in [0.15, 0.2) is 12.2 Å². The summed E-state index contributed by atoms with van der Waals surface area (Å²) in [5.74, 6) is -3.13. The van der Waals surface area contributed by atoms with Crippen LogP contribution in [0.4, 0.5) is 0 Å². The van der Waals surface area contributed by atoms with Gasteiger partial charge in [0.05, 0.1) is 17.8 Å². The van der Waals surface area contributed by atoms with Crippen molar-refractivity contribution in [2.24, 2.45) is 0 Å². The molecule has 0 saturated carbocycles. The maximum atomic E-state index is 12.2. The van der Waals surface area contributed by atoms with Gasteiger partial charge in [-0.05, 0) is 53.7 Å². The minimum absolute atomic E-state index is 0.0106. The molecule has 154 valence electrons. The van der Waals surface area contributed by atoms with Crippen LogP contribution < -0.4 is 0 Å². The predicted molar refractivity (Wildman–Crippen MR) is 96.4 cm³/mol. The fourth-order valence-corrected chi connectivity index (χ4v) is 1.87. The van der Waals surface area contributed by atoms with E-state index in [0.717, 1.165) is 6.07 Å². The highest BCUT2D eigenvalue weighted by molar-refractivity contribution is 5.95. The number of pyridine rings is 1. The molecule has 0 saturated heterocycles. The van der Waals surface area contributed by atoms with Gasteiger partial charge in [-0.1, -0.05) is 0 Å². The van der Waals surface area contributed by atoms with Gasteiger partial charge in [-0.15, -0.1) is 0 Å². The summed E-state index contributed by atoms with van der Waals surface area (Å²) >= 11 is 0. The lowest BCUT2D eigenvalue weighted by molar-refractivity contribution is -0.157. The number of hydrogen-bond acceptors (Lipinski definition) is 9. The first-order valence-corrected chi connectivity index (χ1v) is 8.80. The van der Waals surface area contributed by atoms with E-state index in [0.29, 0.717) is 0 Å². The van der Waals surface area contributed by atoms with Crippen molar-refractivity contribution in [2.45, 2.75) is 66.0 Å². The van der Waals surface area contributed by atoms with Crippen molar-refractivity contribution in [3.05, 3.63) is 29.6 Å². The van der Waals surface area contributed by atoms with Crippen molar-refractivity contribution >= 4 is 23.9 Å². The minimum atomic E-state index is -1.14. The van der Waals surface area contributed by atoms with Gasteiger partial charge < -0.3 is 18.9 Å². The Morgan fingerprint density at radius 1 is 0.750 bits per heavy atom. The number of carbonyl (C=O) groups excluding carboxylic acids is 4. The van der Waals surface area contributed by atoms with Crippen LogP contribution in [0.15, 0.2) is 18.3 Å². The van der Waals surface area contributed by atoms with E-state index in [4.69, 9.17) is 18.9 Å². The first-order chi connectivity index (χ1) is 13.0. The van der Waals surface area contributed by atoms with E-state index in [2.05, 4.69) is 4.98 Å². The molecule has 0 aromatic carbocycles. The molecular formula is C19H25NO8. The van der Waals surface area contributed by atoms with Crippen LogP contribution in [0.5, 0.6) is 0 Å². The van der Waals surface area contributed by atoms with E-state index in [1.807, 2.05) is 0 Å². The second kappa shape index (κ2) is 10.4. The Morgan fingerprint density at radius 3 is 1.68 bits per heavy atom. The molecule has 0 N–H and O–H groups in total. The van der Waals surface area contributed by atoms with Crippen LogP contribution >= 0.6 is 0 Å². The first kappa shape index (κ1) is 23.1. The van der Waals surface area contributed by atoms with Crippen LogP contribution in [0.3, 0.4) is 0 Å². The van der Waals surface area contributed by atoms with Crippen molar-refractivity contribution in [1.82, 2.24) is 4.98 Å². The lowest BCUT2D eigenvalue weighted by Gasteiger charge is -2.15. The number of hydrogen-bond donors (Lipinski definition) is 0. The molecule has 0 spiro atoms. The molecule has 1 rings (SSSR count). The van der Waals surface area contributed by atoms with Crippen LogP contribution in [-0.4, -0.2) is 53.3 Å². The zero-order chi connectivity index (χ0) is 21.4. The standard InChI is InChI=1S/C19H25NO8/c1-10(2)25-16(21)12(5)27-18(23)14-7-8-20-15(9-14)19(24)28-13(6)17(22)26-11(3)4/h7-13H,1-6H3. The fraction of sp³-hybridized carbons (Fsp3) is 0.526. The number of nitrogens with zero attached hydrogens (tertiary/aromatic N) is 1. The molecular weight excluding hydrogens is 370 g/mol. The molecule has 9 nitrogen and oxygen atoms in total. The SMILES string of the molecule is CC(C)OC(=O)C(C)OC(=O)c1ccnc(C(=O)OC(C)C(=O)OC(C)C)c1. The van der Waals surface area contributed by atoms with Gasteiger partial charge >= 0.3 is 23.9 Å². The Morgan fingerprint density at radius 2 is 1.21 bits per heavy atom. The largest absolute Gasteiger partial charge is 0.460 e. The van der Waals surface area contributed by atoms with E-state index in [9.17, 15) is 19.2 Å². The van der Waals surface area contributed by atoms with E-state index in [1.54, 1.807) is 27.7 Å². The first-order valence-electron chi connectivity index (χ1n) is 8.80. The Kier molecular flexibility index (Phi) is 8.56. The average Bonchev–Trinajstić information content (AvgIpc) is 2.60. The lowest BCUT2D eigenvalue weighted by Crippen LogP contribution is -2.29. The Labute approximate surface area is 163 Å². The maximum Gasteiger partial charge on any atom is 0.357 e. The zero-order valence-corrected chi connectivity index (χ0v) is 16.8. The van der Waals surface area contributed by atoms with E-state index in [1.165, 1.54) is 26.1 Å². The molecule has 28 heavy (non-hydrogen) atoms. The molecule has 0 aliphatic heterocycles. The Balaban J connectivity index is 2.77. The summed E-state index contributed by atoms with van der Waals surface area (Å²) in [4.78, 5) is 51.6. The van der Waals surface area contributed by atoms with Gasteiger partial charge in [-0.3, -0.25) is 0 Å². The summed E-state index contributed by atoms with van der Waals surface area (Å²) in [7, 11) is 0. The number of rotatable bonds is 8. The molecule has 0 bridgehead atoms. The normalized spacial score (nSPS) is 12.9. The number of aromatic nitrogens is 1. The number of esters is 4. The summed E-state index contributed by atoms with van der Waals surface area (Å²) < 4.78 is 19.9. The predicted octanol–water partition coefficient (Wildman–Crippen LogP) is 2.08. The summed E-state index contributed by atoms with van der Waals surface area (Å²) in [6.45, 7) is 9.42. The number of carbonyl (C=O) groups is 4. The van der Waals surface area contributed by atoms with E-state index < -0.39 is 36.1 Å². The van der Waals surface area contributed by atoms with Gasteiger partial charge in [0.1, 0.15) is 5.69 Å². The van der Waals surface area contributed by atoms with Gasteiger partial charge in [-0.2, -0.15) is 0 Å². The minimum Gasteiger partial charge on any atom is -0.460 e. The molecule has 0 amide bonds. The van der Waals surface area contributed by atoms with Crippen molar-refractivity contribution in [1.29, 1.82) is 0 Å².